The van der Waals surface area contributed by atoms with Crippen LogP contribution in [0.25, 0.3) is 0 Å². The second-order valence-corrected chi connectivity index (χ2v) is 5.86. The summed E-state index contributed by atoms with van der Waals surface area (Å²) in [6.07, 6.45) is 6.39. The fourth-order valence-electron chi connectivity index (χ4n) is 2.96. The fraction of sp³-hybridized carbons (Fsp3) is 0.600. The van der Waals surface area contributed by atoms with Crippen LogP contribution in [-0.4, -0.2) is 12.8 Å². The zero-order valence-electron chi connectivity index (χ0n) is 11.2. The highest BCUT2D eigenvalue weighted by molar-refractivity contribution is 6.33. The standard InChI is InChI=1S/C15H20ClNO2/c1-2-10-3-5-11(6-4-10)17-13-8-15-14(7-12(13)16)18-9-19-15/h7-8,10-11,17H,2-6,9H2,1H3. The van der Waals surface area contributed by atoms with Gasteiger partial charge in [-0.15, -0.1) is 0 Å². The molecule has 0 radical (unpaired) electrons. The summed E-state index contributed by atoms with van der Waals surface area (Å²) < 4.78 is 10.7. The van der Waals surface area contributed by atoms with Gasteiger partial charge in [-0.2, -0.15) is 0 Å². The lowest BCUT2D eigenvalue weighted by Crippen LogP contribution is -2.26. The van der Waals surface area contributed by atoms with Crippen molar-refractivity contribution in [3.63, 3.8) is 0 Å². The molecule has 3 rings (SSSR count). The maximum absolute atomic E-state index is 6.29. The van der Waals surface area contributed by atoms with Crippen LogP contribution in [-0.2, 0) is 0 Å². The van der Waals surface area contributed by atoms with Crippen LogP contribution in [0.3, 0.4) is 0 Å². The number of halogens is 1. The Morgan fingerprint density at radius 2 is 1.84 bits per heavy atom. The molecule has 1 saturated carbocycles. The molecule has 4 heteroatoms. The Hall–Kier alpha value is -1.09. The van der Waals surface area contributed by atoms with Crippen molar-refractivity contribution in [3.8, 4) is 11.5 Å². The molecule has 0 amide bonds. The van der Waals surface area contributed by atoms with Gasteiger partial charge in [0.15, 0.2) is 11.5 Å². The van der Waals surface area contributed by atoms with Crippen LogP contribution in [0.15, 0.2) is 12.1 Å². The van der Waals surface area contributed by atoms with E-state index in [0.717, 1.165) is 23.1 Å². The number of hydrogen-bond donors (Lipinski definition) is 1. The topological polar surface area (TPSA) is 30.5 Å². The van der Waals surface area contributed by atoms with Crippen LogP contribution >= 0.6 is 11.6 Å². The van der Waals surface area contributed by atoms with Crippen molar-refractivity contribution in [2.24, 2.45) is 5.92 Å². The van der Waals surface area contributed by atoms with Crippen molar-refractivity contribution in [1.29, 1.82) is 0 Å². The third kappa shape index (κ3) is 2.76. The summed E-state index contributed by atoms with van der Waals surface area (Å²) in [5.41, 5.74) is 0.964. The summed E-state index contributed by atoms with van der Waals surface area (Å²) in [5, 5.41) is 4.27. The van der Waals surface area contributed by atoms with E-state index in [9.17, 15) is 0 Å². The van der Waals surface area contributed by atoms with E-state index in [4.69, 9.17) is 21.1 Å². The molecule has 2 aliphatic rings. The molecule has 0 spiro atoms. The lowest BCUT2D eigenvalue weighted by atomic mass is 9.84. The molecule has 1 aliphatic heterocycles. The first-order chi connectivity index (χ1) is 9.26. The van der Waals surface area contributed by atoms with Gasteiger partial charge >= 0.3 is 0 Å². The van der Waals surface area contributed by atoms with E-state index >= 15 is 0 Å². The third-order valence-electron chi connectivity index (χ3n) is 4.25. The van der Waals surface area contributed by atoms with Crippen LogP contribution in [0.4, 0.5) is 5.69 Å². The minimum absolute atomic E-state index is 0.288. The minimum Gasteiger partial charge on any atom is -0.454 e. The van der Waals surface area contributed by atoms with E-state index < -0.39 is 0 Å². The van der Waals surface area contributed by atoms with Gasteiger partial charge in [-0.25, -0.2) is 0 Å². The van der Waals surface area contributed by atoms with Gasteiger partial charge in [0, 0.05) is 18.2 Å². The summed E-state index contributed by atoms with van der Waals surface area (Å²) in [5.74, 6) is 2.43. The van der Waals surface area contributed by atoms with Crippen molar-refractivity contribution in [2.75, 3.05) is 12.1 Å². The first-order valence-electron chi connectivity index (χ1n) is 7.12. The number of rotatable bonds is 3. The van der Waals surface area contributed by atoms with Crippen molar-refractivity contribution >= 4 is 17.3 Å². The van der Waals surface area contributed by atoms with Crippen LogP contribution in [0, 0.1) is 5.92 Å². The maximum atomic E-state index is 6.29. The molecule has 0 saturated heterocycles. The largest absolute Gasteiger partial charge is 0.454 e. The number of benzene rings is 1. The van der Waals surface area contributed by atoms with E-state index in [1.54, 1.807) is 0 Å². The lowest BCUT2D eigenvalue weighted by molar-refractivity contribution is 0.174. The number of nitrogens with one attached hydrogen (secondary N) is 1. The SMILES string of the molecule is CCC1CCC(Nc2cc3c(cc2Cl)OCO3)CC1. The van der Waals surface area contributed by atoms with Crippen molar-refractivity contribution in [3.05, 3.63) is 17.2 Å². The quantitative estimate of drug-likeness (QED) is 0.888. The molecule has 0 aromatic heterocycles. The van der Waals surface area contributed by atoms with Gasteiger partial charge in [-0.3, -0.25) is 0 Å². The van der Waals surface area contributed by atoms with E-state index in [0.29, 0.717) is 11.1 Å². The molecule has 0 atom stereocenters. The first kappa shape index (κ1) is 12.9. The van der Waals surface area contributed by atoms with Gasteiger partial charge in [0.1, 0.15) is 0 Å². The van der Waals surface area contributed by atoms with E-state index in [2.05, 4.69) is 12.2 Å². The van der Waals surface area contributed by atoms with E-state index in [1.165, 1.54) is 32.1 Å². The maximum Gasteiger partial charge on any atom is 0.231 e. The van der Waals surface area contributed by atoms with Crippen molar-refractivity contribution in [1.82, 2.24) is 0 Å². The number of hydrogen-bond acceptors (Lipinski definition) is 3. The summed E-state index contributed by atoms with van der Waals surface area (Å²) in [7, 11) is 0. The molecule has 1 fully saturated rings. The third-order valence-corrected chi connectivity index (χ3v) is 4.56. The molecule has 1 aromatic carbocycles. The van der Waals surface area contributed by atoms with Crippen molar-refractivity contribution in [2.45, 2.75) is 45.1 Å². The van der Waals surface area contributed by atoms with Crippen molar-refractivity contribution < 1.29 is 9.47 Å². The summed E-state index contributed by atoms with van der Waals surface area (Å²) in [6, 6.07) is 4.32. The van der Waals surface area contributed by atoms with Gasteiger partial charge in [0.2, 0.25) is 6.79 Å². The van der Waals surface area contributed by atoms with Crippen LogP contribution < -0.4 is 14.8 Å². The van der Waals surface area contributed by atoms with E-state index in [1.807, 2.05) is 12.1 Å². The summed E-state index contributed by atoms with van der Waals surface area (Å²) >= 11 is 6.29. The van der Waals surface area contributed by atoms with Crippen LogP contribution in [0.1, 0.15) is 39.0 Å². The Morgan fingerprint density at radius 3 is 2.53 bits per heavy atom. The molecule has 3 nitrogen and oxygen atoms in total. The van der Waals surface area contributed by atoms with E-state index in [-0.39, 0.29) is 6.79 Å². The Bertz CT molecular complexity index is 456. The second kappa shape index (κ2) is 5.49. The Balaban J connectivity index is 1.67. The van der Waals surface area contributed by atoms with Gasteiger partial charge < -0.3 is 14.8 Å². The molecule has 1 heterocycles. The minimum atomic E-state index is 0.288. The number of fused-ring (bicyclic) bond motifs is 1. The lowest BCUT2D eigenvalue weighted by Gasteiger charge is -2.29. The molecule has 1 aromatic rings. The molecule has 1 aliphatic carbocycles. The number of anilines is 1. The average molecular weight is 282 g/mol. The predicted octanol–water partition coefficient (Wildman–Crippen LogP) is 4.45. The van der Waals surface area contributed by atoms with Crippen LogP contribution in [0.5, 0.6) is 11.5 Å². The van der Waals surface area contributed by atoms with Gasteiger partial charge in [-0.1, -0.05) is 24.9 Å². The molecule has 1 N–H and O–H groups in total. The normalized spacial score (nSPS) is 25.4. The molecular formula is C15H20ClNO2. The molecule has 0 bridgehead atoms. The van der Waals surface area contributed by atoms with Gasteiger partial charge in [0.25, 0.3) is 0 Å². The highest BCUT2D eigenvalue weighted by Crippen LogP contribution is 2.40. The zero-order valence-corrected chi connectivity index (χ0v) is 12.0. The second-order valence-electron chi connectivity index (χ2n) is 5.46. The smallest absolute Gasteiger partial charge is 0.231 e. The van der Waals surface area contributed by atoms with Crippen LogP contribution in [0.2, 0.25) is 5.02 Å². The zero-order chi connectivity index (χ0) is 13.2. The van der Waals surface area contributed by atoms with Gasteiger partial charge in [0.05, 0.1) is 10.7 Å². The summed E-state index contributed by atoms with van der Waals surface area (Å²) in [6.45, 7) is 2.57. The highest BCUT2D eigenvalue weighted by Gasteiger charge is 2.22. The Morgan fingerprint density at radius 1 is 1.16 bits per heavy atom. The monoisotopic (exact) mass is 281 g/mol. The number of ether oxygens (including phenoxy) is 2. The fourth-order valence-corrected chi connectivity index (χ4v) is 3.17. The first-order valence-corrected chi connectivity index (χ1v) is 7.49. The average Bonchev–Trinajstić information content (AvgIpc) is 2.87. The molecular weight excluding hydrogens is 262 g/mol. The molecule has 104 valence electrons. The molecule has 19 heavy (non-hydrogen) atoms. The highest BCUT2D eigenvalue weighted by atomic mass is 35.5. The van der Waals surface area contributed by atoms with Gasteiger partial charge in [-0.05, 0) is 31.6 Å². The predicted molar refractivity (Wildman–Crippen MR) is 77.2 cm³/mol. The Kier molecular flexibility index (Phi) is 3.74. The molecule has 0 unspecified atom stereocenters. The summed E-state index contributed by atoms with van der Waals surface area (Å²) in [4.78, 5) is 0. The Labute approximate surface area is 119 Å².